The third kappa shape index (κ3) is 5.12. The second kappa shape index (κ2) is 9.31. The Bertz CT molecular complexity index is 635. The van der Waals surface area contributed by atoms with E-state index in [9.17, 15) is 9.59 Å². The van der Waals surface area contributed by atoms with Gasteiger partial charge >= 0.3 is 17.4 Å². The first-order valence-corrected chi connectivity index (χ1v) is 8.06. The zero-order valence-corrected chi connectivity index (χ0v) is 14.9. The van der Waals surface area contributed by atoms with Gasteiger partial charge in [0.25, 0.3) is 0 Å². The van der Waals surface area contributed by atoms with E-state index in [1.165, 1.54) is 0 Å². The summed E-state index contributed by atoms with van der Waals surface area (Å²) in [6.45, 7) is 0. The molecule has 2 amide bonds. The van der Waals surface area contributed by atoms with Crippen LogP contribution < -0.4 is 0 Å². The minimum Gasteiger partial charge on any atom is -0.646 e. The van der Waals surface area contributed by atoms with Crippen LogP contribution in [0, 0.1) is 0 Å². The zero-order chi connectivity index (χ0) is 16.8. The molecule has 7 heteroatoms. The topological polar surface area (TPSA) is 88.1 Å². The molecule has 0 aliphatic heterocycles. The standard InChI is InChI=1S/C18H20N4O2.Cr/c23-17(15-9-3-5-11-19-15)21-13-7-1-2-8-14(13)22-18(24)16-10-4-6-12-20-16;/h3-6,9-14H,1-2,7-8H2,(H2,21,22,23,24);/q;+2/p-2. The maximum absolute atomic E-state index is 12.2. The van der Waals surface area contributed by atoms with E-state index in [0.29, 0.717) is 11.4 Å². The van der Waals surface area contributed by atoms with Gasteiger partial charge in [-0.2, -0.15) is 0 Å². The van der Waals surface area contributed by atoms with Crippen molar-refractivity contribution >= 4 is 11.8 Å². The van der Waals surface area contributed by atoms with Crippen molar-refractivity contribution in [3.8, 4) is 0 Å². The van der Waals surface area contributed by atoms with Crippen molar-refractivity contribution < 1.29 is 27.0 Å². The van der Waals surface area contributed by atoms with Gasteiger partial charge in [-0.1, -0.05) is 37.8 Å². The largest absolute Gasteiger partial charge is 2.00 e. The molecule has 0 spiro atoms. The van der Waals surface area contributed by atoms with Crippen LogP contribution in [-0.2, 0) is 17.4 Å². The predicted octanol–water partition coefficient (Wildman–Crippen LogP) is 3.51. The first-order chi connectivity index (χ1) is 11.7. The van der Waals surface area contributed by atoms with Crippen molar-refractivity contribution in [2.24, 2.45) is 0 Å². The molecule has 0 radical (unpaired) electrons. The van der Waals surface area contributed by atoms with E-state index in [4.69, 9.17) is 0 Å². The van der Waals surface area contributed by atoms with Crippen molar-refractivity contribution in [1.82, 2.24) is 9.97 Å². The van der Waals surface area contributed by atoms with Crippen molar-refractivity contribution in [1.29, 1.82) is 0 Å². The van der Waals surface area contributed by atoms with Gasteiger partial charge < -0.3 is 20.2 Å². The molecule has 2 unspecified atom stereocenters. The third-order valence-electron chi connectivity index (χ3n) is 4.03. The van der Waals surface area contributed by atoms with E-state index in [-0.39, 0.29) is 41.3 Å². The van der Waals surface area contributed by atoms with Gasteiger partial charge in [0, 0.05) is 12.4 Å². The Morgan fingerprint density at radius 2 is 1.24 bits per heavy atom. The van der Waals surface area contributed by atoms with Crippen LogP contribution in [0.5, 0.6) is 0 Å². The summed E-state index contributed by atoms with van der Waals surface area (Å²) < 4.78 is 0. The summed E-state index contributed by atoms with van der Waals surface area (Å²) in [6, 6.07) is 9.73. The summed E-state index contributed by atoms with van der Waals surface area (Å²) in [5, 5.41) is 8.53. The summed E-state index contributed by atoms with van der Waals surface area (Å²) in [4.78, 5) is 32.5. The second-order valence-electron chi connectivity index (χ2n) is 5.72. The Kier molecular flexibility index (Phi) is 7.11. The number of hydrogen-bond donors (Lipinski definition) is 0. The molecule has 1 fully saturated rings. The predicted molar refractivity (Wildman–Crippen MR) is 89.9 cm³/mol. The fourth-order valence-electron chi connectivity index (χ4n) is 2.80. The summed E-state index contributed by atoms with van der Waals surface area (Å²) in [5.74, 6) is -0.707. The van der Waals surface area contributed by atoms with Crippen molar-refractivity contribution in [3.05, 3.63) is 70.8 Å². The van der Waals surface area contributed by atoms with Crippen LogP contribution in [0.2, 0.25) is 0 Å². The molecule has 3 rings (SSSR count). The Hall–Kier alpha value is -2.23. The van der Waals surface area contributed by atoms with Crippen LogP contribution in [0.15, 0.2) is 48.8 Å². The number of carbonyl (C=O) groups excluding carboxylic acids is 2. The second-order valence-corrected chi connectivity index (χ2v) is 5.72. The summed E-state index contributed by atoms with van der Waals surface area (Å²) in [7, 11) is 0. The van der Waals surface area contributed by atoms with Gasteiger partial charge in [0.1, 0.15) is 11.8 Å². The van der Waals surface area contributed by atoms with E-state index in [0.717, 1.165) is 25.7 Å². The van der Waals surface area contributed by atoms with Gasteiger partial charge in [-0.15, -0.1) is 12.1 Å². The molecule has 2 atom stereocenters. The molecule has 6 nitrogen and oxygen atoms in total. The van der Waals surface area contributed by atoms with Gasteiger partial charge in [-0.3, -0.25) is 9.97 Å². The first kappa shape index (κ1) is 19.1. The van der Waals surface area contributed by atoms with Gasteiger partial charge in [-0.25, -0.2) is 0 Å². The van der Waals surface area contributed by atoms with Crippen molar-refractivity contribution in [2.45, 2.75) is 37.8 Å². The Morgan fingerprint density at radius 1 is 0.800 bits per heavy atom. The maximum atomic E-state index is 12.2. The molecular formula is C18H18CrN4O2. The Morgan fingerprint density at radius 3 is 1.60 bits per heavy atom. The SMILES string of the molecule is O=C([N-]C1CCCCC1[N-]C(=O)c1ccccn1)c1ccccn1.[Cr+2]. The fourth-order valence-corrected chi connectivity index (χ4v) is 2.80. The third-order valence-corrected chi connectivity index (χ3v) is 4.03. The normalized spacial score (nSPS) is 19.4. The van der Waals surface area contributed by atoms with E-state index in [1.807, 2.05) is 0 Å². The number of pyridine rings is 2. The average molecular weight is 374 g/mol. The van der Waals surface area contributed by atoms with Crippen LogP contribution >= 0.6 is 0 Å². The summed E-state index contributed by atoms with van der Waals surface area (Å²) in [6.07, 6.45) is 6.59. The van der Waals surface area contributed by atoms with Crippen molar-refractivity contribution in [3.63, 3.8) is 0 Å². The van der Waals surface area contributed by atoms with Gasteiger partial charge in [0.05, 0.1) is 11.4 Å². The molecule has 2 aromatic heterocycles. The van der Waals surface area contributed by atoms with E-state index < -0.39 is 0 Å². The first-order valence-electron chi connectivity index (χ1n) is 8.06. The van der Waals surface area contributed by atoms with E-state index in [1.54, 1.807) is 48.8 Å². The number of amides is 2. The Labute approximate surface area is 157 Å². The van der Waals surface area contributed by atoms with Crippen LogP contribution in [0.1, 0.15) is 46.7 Å². The number of rotatable bonds is 4. The smallest absolute Gasteiger partial charge is 0.646 e. The summed E-state index contributed by atoms with van der Waals surface area (Å²) in [5.41, 5.74) is 0.635. The monoisotopic (exact) mass is 374 g/mol. The van der Waals surface area contributed by atoms with Gasteiger partial charge in [0.15, 0.2) is 0 Å². The van der Waals surface area contributed by atoms with Gasteiger partial charge in [-0.05, 0) is 24.3 Å². The van der Waals surface area contributed by atoms with Crippen LogP contribution in [-0.4, -0.2) is 33.9 Å². The molecule has 1 aliphatic rings. The van der Waals surface area contributed by atoms with Crippen LogP contribution in [0.3, 0.4) is 0 Å². The molecule has 0 bridgehead atoms. The molecular weight excluding hydrogens is 356 g/mol. The van der Waals surface area contributed by atoms with Crippen LogP contribution in [0.25, 0.3) is 10.6 Å². The number of aromatic nitrogens is 2. The molecule has 1 saturated carbocycles. The molecule has 128 valence electrons. The molecule has 2 aromatic rings. The molecule has 2 heterocycles. The van der Waals surface area contributed by atoms with Crippen molar-refractivity contribution in [2.75, 3.05) is 0 Å². The zero-order valence-electron chi connectivity index (χ0n) is 13.6. The summed E-state index contributed by atoms with van der Waals surface area (Å²) >= 11 is 0. The maximum Gasteiger partial charge on any atom is 2.00 e. The molecule has 0 N–H and O–H groups in total. The van der Waals surface area contributed by atoms with E-state index >= 15 is 0 Å². The number of carbonyl (C=O) groups is 2. The molecule has 1 aliphatic carbocycles. The minimum atomic E-state index is -0.354. The molecule has 25 heavy (non-hydrogen) atoms. The van der Waals surface area contributed by atoms with E-state index in [2.05, 4.69) is 20.6 Å². The quantitative estimate of drug-likeness (QED) is 0.819. The van der Waals surface area contributed by atoms with Crippen LogP contribution in [0.4, 0.5) is 0 Å². The molecule has 0 aromatic carbocycles. The Balaban J connectivity index is 0.00000225. The average Bonchev–Trinajstić information content (AvgIpc) is 2.64. The number of nitrogens with zero attached hydrogens (tertiary/aromatic N) is 4. The fraction of sp³-hybridized carbons (Fsp3) is 0.333. The van der Waals surface area contributed by atoms with Gasteiger partial charge in [0.2, 0.25) is 0 Å². The number of hydrogen-bond acceptors (Lipinski definition) is 4. The minimum absolute atomic E-state index is 0. The molecule has 0 saturated heterocycles.